The monoisotopic (exact) mass is 312 g/mol. The Labute approximate surface area is 137 Å². The number of hydrogen-bond donors (Lipinski definition) is 2. The van der Waals surface area contributed by atoms with Crippen LogP contribution in [0.1, 0.15) is 33.6 Å². The van der Waals surface area contributed by atoms with Gasteiger partial charge in [0.15, 0.2) is 5.82 Å². The Bertz CT molecular complexity index is 641. The predicted molar refractivity (Wildman–Crippen MR) is 94.4 cm³/mol. The zero-order valence-electron chi connectivity index (χ0n) is 14.0. The standard InChI is InChI=1S/C17H24N6/c1-17(2,3)21-15-12-18-22-16(20-15)19-13-6-8-14(9-7-13)23-10-4-5-11-23/h6-9,12H,4-5,10-11H2,1-3H3,(H2,19,20,21,22). The van der Waals surface area contributed by atoms with E-state index in [0.717, 1.165) is 18.8 Å². The molecule has 2 aromatic rings. The van der Waals surface area contributed by atoms with Gasteiger partial charge in [-0.1, -0.05) is 0 Å². The molecule has 1 aliphatic heterocycles. The lowest BCUT2D eigenvalue weighted by atomic mass is 10.1. The van der Waals surface area contributed by atoms with Gasteiger partial charge in [0.25, 0.3) is 0 Å². The fourth-order valence-corrected chi connectivity index (χ4v) is 2.66. The van der Waals surface area contributed by atoms with Gasteiger partial charge in [0.2, 0.25) is 5.95 Å². The van der Waals surface area contributed by atoms with Crippen LogP contribution in [0.2, 0.25) is 0 Å². The van der Waals surface area contributed by atoms with Crippen molar-refractivity contribution in [2.75, 3.05) is 28.6 Å². The summed E-state index contributed by atoms with van der Waals surface area (Å²) >= 11 is 0. The quantitative estimate of drug-likeness (QED) is 0.901. The Kier molecular flexibility index (Phi) is 4.32. The van der Waals surface area contributed by atoms with Crippen LogP contribution in [0.25, 0.3) is 0 Å². The second kappa shape index (κ2) is 6.40. The van der Waals surface area contributed by atoms with Crippen LogP contribution in [0, 0.1) is 0 Å². The highest BCUT2D eigenvalue weighted by atomic mass is 15.3. The topological polar surface area (TPSA) is 66.0 Å². The molecule has 1 aromatic heterocycles. The molecule has 1 fully saturated rings. The van der Waals surface area contributed by atoms with Crippen molar-refractivity contribution in [3.05, 3.63) is 30.5 Å². The lowest BCUT2D eigenvalue weighted by Crippen LogP contribution is -2.27. The van der Waals surface area contributed by atoms with Crippen molar-refractivity contribution in [1.82, 2.24) is 15.2 Å². The van der Waals surface area contributed by atoms with E-state index < -0.39 is 0 Å². The molecule has 2 N–H and O–H groups in total. The third-order valence-electron chi connectivity index (χ3n) is 3.66. The zero-order chi connectivity index (χ0) is 16.3. The molecule has 0 bridgehead atoms. The van der Waals surface area contributed by atoms with Crippen molar-refractivity contribution in [2.45, 2.75) is 39.2 Å². The maximum Gasteiger partial charge on any atom is 0.249 e. The van der Waals surface area contributed by atoms with E-state index in [9.17, 15) is 0 Å². The molecule has 2 heterocycles. The Morgan fingerprint density at radius 1 is 1.04 bits per heavy atom. The minimum absolute atomic E-state index is 0.0648. The van der Waals surface area contributed by atoms with E-state index in [2.05, 4.69) is 75.8 Å². The van der Waals surface area contributed by atoms with Crippen LogP contribution in [0.3, 0.4) is 0 Å². The van der Waals surface area contributed by atoms with Gasteiger partial charge in [-0.2, -0.15) is 10.1 Å². The van der Waals surface area contributed by atoms with Crippen molar-refractivity contribution >= 4 is 23.1 Å². The van der Waals surface area contributed by atoms with Crippen LogP contribution < -0.4 is 15.5 Å². The highest BCUT2D eigenvalue weighted by Crippen LogP contribution is 2.23. The van der Waals surface area contributed by atoms with Crippen LogP contribution in [0.4, 0.5) is 23.1 Å². The van der Waals surface area contributed by atoms with Gasteiger partial charge in [0, 0.05) is 30.0 Å². The van der Waals surface area contributed by atoms with Crippen molar-refractivity contribution in [3.63, 3.8) is 0 Å². The second-order valence-corrected chi connectivity index (χ2v) is 6.91. The summed E-state index contributed by atoms with van der Waals surface area (Å²) in [5.74, 6) is 1.21. The average molecular weight is 312 g/mol. The summed E-state index contributed by atoms with van der Waals surface area (Å²) in [6.45, 7) is 8.55. The van der Waals surface area contributed by atoms with Crippen molar-refractivity contribution in [2.24, 2.45) is 0 Å². The molecule has 0 radical (unpaired) electrons. The lowest BCUT2D eigenvalue weighted by Gasteiger charge is -2.21. The fraction of sp³-hybridized carbons (Fsp3) is 0.471. The first kappa shape index (κ1) is 15.5. The third kappa shape index (κ3) is 4.31. The molecule has 1 aromatic carbocycles. The minimum atomic E-state index is -0.0648. The Morgan fingerprint density at radius 3 is 2.39 bits per heavy atom. The highest BCUT2D eigenvalue weighted by molar-refractivity contribution is 5.60. The van der Waals surface area contributed by atoms with Crippen LogP contribution in [0.15, 0.2) is 30.5 Å². The fourth-order valence-electron chi connectivity index (χ4n) is 2.66. The van der Waals surface area contributed by atoms with Gasteiger partial charge in [-0.15, -0.1) is 5.10 Å². The summed E-state index contributed by atoms with van der Waals surface area (Å²) in [5.41, 5.74) is 2.17. The van der Waals surface area contributed by atoms with E-state index in [-0.39, 0.29) is 5.54 Å². The Morgan fingerprint density at radius 2 is 1.74 bits per heavy atom. The van der Waals surface area contributed by atoms with Gasteiger partial charge in [0.05, 0.1) is 6.20 Å². The van der Waals surface area contributed by atoms with E-state index in [1.165, 1.54) is 18.5 Å². The van der Waals surface area contributed by atoms with E-state index in [4.69, 9.17) is 0 Å². The summed E-state index contributed by atoms with van der Waals surface area (Å²) < 4.78 is 0. The zero-order valence-corrected chi connectivity index (χ0v) is 14.0. The lowest BCUT2D eigenvalue weighted by molar-refractivity contribution is 0.629. The number of rotatable bonds is 4. The van der Waals surface area contributed by atoms with E-state index >= 15 is 0 Å². The predicted octanol–water partition coefficient (Wildman–Crippen LogP) is 3.43. The van der Waals surface area contributed by atoms with Crippen molar-refractivity contribution in [3.8, 4) is 0 Å². The van der Waals surface area contributed by atoms with E-state index in [1.54, 1.807) is 6.20 Å². The first-order chi connectivity index (χ1) is 11.0. The number of nitrogens with zero attached hydrogens (tertiary/aromatic N) is 4. The van der Waals surface area contributed by atoms with Crippen LogP contribution >= 0.6 is 0 Å². The average Bonchev–Trinajstić information content (AvgIpc) is 3.01. The highest BCUT2D eigenvalue weighted by Gasteiger charge is 2.13. The normalized spacial score (nSPS) is 14.8. The molecule has 0 aliphatic carbocycles. The largest absolute Gasteiger partial charge is 0.372 e. The summed E-state index contributed by atoms with van der Waals surface area (Å²) in [5, 5.41) is 14.5. The number of aromatic nitrogens is 3. The van der Waals surface area contributed by atoms with Gasteiger partial charge in [-0.25, -0.2) is 0 Å². The number of nitrogens with one attached hydrogen (secondary N) is 2. The van der Waals surface area contributed by atoms with Gasteiger partial charge < -0.3 is 15.5 Å². The summed E-state index contributed by atoms with van der Waals surface area (Å²) in [6, 6.07) is 8.39. The molecule has 0 saturated carbocycles. The van der Waals surface area contributed by atoms with Crippen molar-refractivity contribution in [1.29, 1.82) is 0 Å². The molecule has 6 heteroatoms. The van der Waals surface area contributed by atoms with Crippen LogP contribution in [-0.4, -0.2) is 33.8 Å². The SMILES string of the molecule is CC(C)(C)Nc1cnnc(Nc2ccc(N3CCCC3)cc2)n1. The van der Waals surface area contributed by atoms with E-state index in [1.807, 2.05) is 0 Å². The summed E-state index contributed by atoms with van der Waals surface area (Å²) in [4.78, 5) is 6.86. The minimum Gasteiger partial charge on any atom is -0.372 e. The molecule has 1 aliphatic rings. The number of hydrogen-bond acceptors (Lipinski definition) is 6. The Hall–Kier alpha value is -2.37. The first-order valence-electron chi connectivity index (χ1n) is 8.10. The summed E-state index contributed by atoms with van der Waals surface area (Å²) in [7, 11) is 0. The van der Waals surface area contributed by atoms with Crippen LogP contribution in [0.5, 0.6) is 0 Å². The van der Waals surface area contributed by atoms with Gasteiger partial charge >= 0.3 is 0 Å². The van der Waals surface area contributed by atoms with E-state index in [0.29, 0.717) is 11.8 Å². The molecule has 6 nitrogen and oxygen atoms in total. The van der Waals surface area contributed by atoms with Crippen LogP contribution in [-0.2, 0) is 0 Å². The third-order valence-corrected chi connectivity index (χ3v) is 3.66. The number of anilines is 4. The molecular weight excluding hydrogens is 288 g/mol. The van der Waals surface area contributed by atoms with Gasteiger partial charge in [-0.05, 0) is 57.9 Å². The maximum absolute atomic E-state index is 4.45. The molecule has 122 valence electrons. The Balaban J connectivity index is 1.68. The molecule has 0 unspecified atom stereocenters. The molecule has 3 rings (SSSR count). The smallest absolute Gasteiger partial charge is 0.249 e. The van der Waals surface area contributed by atoms with Crippen molar-refractivity contribution < 1.29 is 0 Å². The molecule has 23 heavy (non-hydrogen) atoms. The molecule has 0 amide bonds. The van der Waals surface area contributed by atoms with Gasteiger partial charge in [0.1, 0.15) is 0 Å². The molecule has 1 saturated heterocycles. The second-order valence-electron chi connectivity index (χ2n) is 6.91. The number of benzene rings is 1. The first-order valence-corrected chi connectivity index (χ1v) is 8.10. The summed E-state index contributed by atoms with van der Waals surface area (Å²) in [6.07, 6.45) is 4.20. The molecule has 0 spiro atoms. The molecular formula is C17H24N6. The molecule has 0 atom stereocenters. The van der Waals surface area contributed by atoms with Gasteiger partial charge in [-0.3, -0.25) is 0 Å². The maximum atomic E-state index is 4.45.